The largest absolute Gasteiger partial charge is 0.354 e. The maximum atomic E-state index is 12.3. The van der Waals surface area contributed by atoms with Crippen LogP contribution in [0.15, 0.2) is 42.6 Å². The zero-order valence-corrected chi connectivity index (χ0v) is 15.0. The quantitative estimate of drug-likeness (QED) is 0.880. The summed E-state index contributed by atoms with van der Waals surface area (Å²) in [5, 5.41) is 5.51. The van der Waals surface area contributed by atoms with Gasteiger partial charge in [-0.2, -0.15) is 0 Å². The molecule has 0 aliphatic carbocycles. The second kappa shape index (κ2) is 7.97. The summed E-state index contributed by atoms with van der Waals surface area (Å²) in [4.78, 5) is 32.4. The van der Waals surface area contributed by atoms with E-state index in [1.807, 2.05) is 12.1 Å². The fourth-order valence-corrected chi connectivity index (χ4v) is 2.79. The van der Waals surface area contributed by atoms with E-state index in [1.165, 1.54) is 6.92 Å². The zero-order valence-electron chi connectivity index (χ0n) is 15.0. The molecule has 26 heavy (non-hydrogen) atoms. The smallest absolute Gasteiger partial charge is 0.255 e. The number of carbonyl (C=O) groups excluding carboxylic acids is 2. The molecule has 2 N–H and O–H groups in total. The molecule has 0 saturated carbocycles. The van der Waals surface area contributed by atoms with Crippen LogP contribution in [0.5, 0.6) is 0 Å². The molecular weight excluding hydrogens is 330 g/mol. The highest BCUT2D eigenvalue weighted by Gasteiger charge is 2.15. The second-order valence-electron chi connectivity index (χ2n) is 6.41. The molecule has 2 heterocycles. The molecule has 1 saturated heterocycles. The van der Waals surface area contributed by atoms with Gasteiger partial charge in [0.05, 0.1) is 11.9 Å². The van der Waals surface area contributed by atoms with Crippen molar-refractivity contribution in [1.29, 1.82) is 0 Å². The Bertz CT molecular complexity index is 766. The molecule has 7 heteroatoms. The summed E-state index contributed by atoms with van der Waals surface area (Å²) in [6.45, 7) is 5.40. The van der Waals surface area contributed by atoms with Crippen molar-refractivity contribution in [2.45, 2.75) is 6.92 Å². The topological polar surface area (TPSA) is 77.6 Å². The number of amides is 2. The summed E-state index contributed by atoms with van der Waals surface area (Å²) in [5.41, 5.74) is 1.83. The van der Waals surface area contributed by atoms with Crippen LogP contribution in [0.2, 0.25) is 0 Å². The molecule has 1 aliphatic rings. The van der Waals surface area contributed by atoms with Crippen molar-refractivity contribution >= 4 is 29.0 Å². The van der Waals surface area contributed by atoms with Crippen molar-refractivity contribution < 1.29 is 9.59 Å². The van der Waals surface area contributed by atoms with Gasteiger partial charge in [-0.15, -0.1) is 0 Å². The SMILES string of the molecule is CC(=O)Nc1ccc(C(=O)Nc2ccc(N3CCN(C)CC3)nc2)cc1. The van der Waals surface area contributed by atoms with Gasteiger partial charge < -0.3 is 20.4 Å². The highest BCUT2D eigenvalue weighted by atomic mass is 16.2. The summed E-state index contributed by atoms with van der Waals surface area (Å²) >= 11 is 0. The molecule has 0 atom stereocenters. The van der Waals surface area contributed by atoms with Crippen LogP contribution in [-0.2, 0) is 4.79 Å². The highest BCUT2D eigenvalue weighted by molar-refractivity contribution is 6.04. The highest BCUT2D eigenvalue weighted by Crippen LogP contribution is 2.17. The number of hydrogen-bond acceptors (Lipinski definition) is 5. The molecule has 0 radical (unpaired) electrons. The lowest BCUT2D eigenvalue weighted by molar-refractivity contribution is -0.114. The van der Waals surface area contributed by atoms with Gasteiger partial charge in [0.2, 0.25) is 5.91 Å². The first-order valence-corrected chi connectivity index (χ1v) is 8.60. The van der Waals surface area contributed by atoms with Crippen molar-refractivity contribution in [3.8, 4) is 0 Å². The molecule has 2 amide bonds. The average molecular weight is 353 g/mol. The van der Waals surface area contributed by atoms with Crippen LogP contribution in [0.4, 0.5) is 17.2 Å². The molecular formula is C19H23N5O2. The van der Waals surface area contributed by atoms with Gasteiger partial charge in [-0.1, -0.05) is 0 Å². The lowest BCUT2D eigenvalue weighted by Gasteiger charge is -2.33. The minimum Gasteiger partial charge on any atom is -0.354 e. The van der Waals surface area contributed by atoms with Gasteiger partial charge in [-0.05, 0) is 43.4 Å². The molecule has 1 aromatic carbocycles. The number of nitrogens with one attached hydrogen (secondary N) is 2. The Kier molecular flexibility index (Phi) is 5.48. The van der Waals surface area contributed by atoms with E-state index in [-0.39, 0.29) is 11.8 Å². The minimum absolute atomic E-state index is 0.145. The predicted octanol–water partition coefficient (Wildman–Crippen LogP) is 2.04. The van der Waals surface area contributed by atoms with E-state index in [2.05, 4.69) is 32.5 Å². The fourth-order valence-electron chi connectivity index (χ4n) is 2.79. The number of hydrogen-bond donors (Lipinski definition) is 2. The molecule has 2 aromatic rings. The van der Waals surface area contributed by atoms with Crippen LogP contribution in [0.3, 0.4) is 0 Å². The fraction of sp³-hybridized carbons (Fsp3) is 0.316. The van der Waals surface area contributed by atoms with E-state index in [4.69, 9.17) is 0 Å². The molecule has 7 nitrogen and oxygen atoms in total. The van der Waals surface area contributed by atoms with Gasteiger partial charge >= 0.3 is 0 Å². The number of likely N-dealkylation sites (N-methyl/N-ethyl adjacent to an activating group) is 1. The number of anilines is 3. The third-order valence-corrected chi connectivity index (χ3v) is 4.30. The van der Waals surface area contributed by atoms with E-state index in [9.17, 15) is 9.59 Å². The van der Waals surface area contributed by atoms with Gasteiger partial charge in [0.25, 0.3) is 5.91 Å². The van der Waals surface area contributed by atoms with Crippen molar-refractivity contribution in [2.24, 2.45) is 0 Å². The van der Waals surface area contributed by atoms with E-state index >= 15 is 0 Å². The van der Waals surface area contributed by atoms with Crippen LogP contribution in [0.1, 0.15) is 17.3 Å². The van der Waals surface area contributed by atoms with E-state index in [1.54, 1.807) is 30.5 Å². The van der Waals surface area contributed by atoms with Gasteiger partial charge in [-0.25, -0.2) is 4.98 Å². The second-order valence-corrected chi connectivity index (χ2v) is 6.41. The maximum Gasteiger partial charge on any atom is 0.255 e. The monoisotopic (exact) mass is 353 g/mol. The van der Waals surface area contributed by atoms with E-state index in [0.29, 0.717) is 16.9 Å². The van der Waals surface area contributed by atoms with Crippen molar-refractivity contribution in [3.05, 3.63) is 48.2 Å². The third kappa shape index (κ3) is 4.58. The van der Waals surface area contributed by atoms with Crippen LogP contribution >= 0.6 is 0 Å². The first kappa shape index (κ1) is 17.9. The summed E-state index contributed by atoms with van der Waals surface area (Å²) in [6, 6.07) is 10.5. The number of rotatable bonds is 4. The Morgan fingerprint density at radius 1 is 0.923 bits per heavy atom. The Morgan fingerprint density at radius 2 is 1.58 bits per heavy atom. The van der Waals surface area contributed by atoms with Gasteiger partial charge in [0.1, 0.15) is 5.82 Å². The summed E-state index contributed by atoms with van der Waals surface area (Å²) in [5.74, 6) is 0.568. The Balaban J connectivity index is 1.59. The number of aromatic nitrogens is 1. The van der Waals surface area contributed by atoms with Crippen molar-refractivity contribution in [1.82, 2.24) is 9.88 Å². The summed E-state index contributed by atoms with van der Waals surface area (Å²) < 4.78 is 0. The molecule has 1 fully saturated rings. The van der Waals surface area contributed by atoms with Gasteiger partial charge in [-0.3, -0.25) is 9.59 Å². The first-order valence-electron chi connectivity index (χ1n) is 8.60. The summed E-state index contributed by atoms with van der Waals surface area (Å²) in [6.07, 6.45) is 1.68. The Morgan fingerprint density at radius 3 is 2.15 bits per heavy atom. The zero-order chi connectivity index (χ0) is 18.5. The van der Waals surface area contributed by atoms with E-state index in [0.717, 1.165) is 32.0 Å². The van der Waals surface area contributed by atoms with E-state index < -0.39 is 0 Å². The van der Waals surface area contributed by atoms with Crippen molar-refractivity contribution in [3.63, 3.8) is 0 Å². The third-order valence-electron chi connectivity index (χ3n) is 4.30. The molecule has 136 valence electrons. The molecule has 0 spiro atoms. The molecule has 0 unspecified atom stereocenters. The lowest BCUT2D eigenvalue weighted by atomic mass is 10.2. The maximum absolute atomic E-state index is 12.3. The van der Waals surface area contributed by atoms with Crippen LogP contribution < -0.4 is 15.5 Å². The average Bonchev–Trinajstić information content (AvgIpc) is 2.63. The first-order chi connectivity index (χ1) is 12.5. The number of pyridine rings is 1. The number of benzene rings is 1. The van der Waals surface area contributed by atoms with Crippen LogP contribution in [0.25, 0.3) is 0 Å². The Hall–Kier alpha value is -2.93. The molecule has 0 bridgehead atoms. The summed E-state index contributed by atoms with van der Waals surface area (Å²) in [7, 11) is 2.12. The van der Waals surface area contributed by atoms with Gasteiger partial charge in [0, 0.05) is 44.4 Å². The van der Waals surface area contributed by atoms with Gasteiger partial charge in [0.15, 0.2) is 0 Å². The Labute approximate surface area is 153 Å². The van der Waals surface area contributed by atoms with Crippen LogP contribution in [-0.4, -0.2) is 54.9 Å². The number of piperazine rings is 1. The molecule has 1 aliphatic heterocycles. The molecule has 1 aromatic heterocycles. The number of nitrogens with zero attached hydrogens (tertiary/aromatic N) is 3. The standard InChI is InChI=1S/C19H23N5O2/c1-14(25)21-16-5-3-15(4-6-16)19(26)22-17-7-8-18(20-13-17)24-11-9-23(2)10-12-24/h3-8,13H,9-12H2,1-2H3,(H,21,25)(H,22,26). The normalized spacial score (nSPS) is 14.8. The number of carbonyl (C=O) groups is 2. The van der Waals surface area contributed by atoms with Crippen molar-refractivity contribution in [2.75, 3.05) is 48.8 Å². The molecule has 3 rings (SSSR count). The lowest BCUT2D eigenvalue weighted by Crippen LogP contribution is -2.44. The predicted molar refractivity (Wildman–Crippen MR) is 103 cm³/mol. The minimum atomic E-state index is -0.214. The van der Waals surface area contributed by atoms with Crippen LogP contribution in [0, 0.1) is 0 Å².